The summed E-state index contributed by atoms with van der Waals surface area (Å²) >= 11 is 0. The molecule has 0 aliphatic carbocycles. The number of carbonyl (C=O) groups excluding carboxylic acids is 1. The van der Waals surface area contributed by atoms with E-state index in [9.17, 15) is 4.79 Å². The maximum absolute atomic E-state index is 11.3. The van der Waals surface area contributed by atoms with Crippen molar-refractivity contribution in [3.05, 3.63) is 12.2 Å². The van der Waals surface area contributed by atoms with Gasteiger partial charge in [0.2, 0.25) is 0 Å². The molecule has 0 fully saturated rings. The summed E-state index contributed by atoms with van der Waals surface area (Å²) in [5, 5.41) is 0. The van der Waals surface area contributed by atoms with Crippen LogP contribution in [0, 0.1) is 0 Å². The molecule has 0 amide bonds. The van der Waals surface area contributed by atoms with Gasteiger partial charge in [-0.2, -0.15) is 0 Å². The van der Waals surface area contributed by atoms with Crippen LogP contribution in [-0.4, -0.2) is 35.1 Å². The van der Waals surface area contributed by atoms with E-state index in [1.165, 1.54) is 0 Å². The van der Waals surface area contributed by atoms with E-state index in [-0.39, 0.29) is 5.97 Å². The van der Waals surface area contributed by atoms with Crippen molar-refractivity contribution in [3.63, 3.8) is 0 Å². The first-order valence-electron chi connectivity index (χ1n) is 7.97. The maximum Gasteiger partial charge on any atom is 0.387 e. The summed E-state index contributed by atoms with van der Waals surface area (Å²) in [4.78, 5) is 11.3. The van der Waals surface area contributed by atoms with Gasteiger partial charge in [-0.05, 0) is 26.2 Å². The molecule has 0 aliphatic rings. The summed E-state index contributed by atoms with van der Waals surface area (Å²) in [5.41, 5.74) is 0.730. The van der Waals surface area contributed by atoms with E-state index in [4.69, 9.17) is 13.6 Å². The Labute approximate surface area is 131 Å². The van der Waals surface area contributed by atoms with Gasteiger partial charge in [-0.15, -0.1) is 0 Å². The maximum atomic E-state index is 11.3. The van der Waals surface area contributed by atoms with Crippen molar-refractivity contribution >= 4 is 15.3 Å². The summed E-state index contributed by atoms with van der Waals surface area (Å²) in [6, 6.07) is 0. The van der Waals surface area contributed by atoms with Gasteiger partial charge in [0.1, 0.15) is 0 Å². The lowest BCUT2D eigenvalue weighted by Gasteiger charge is -2.21. The molecule has 0 saturated heterocycles. The number of hydrogen-bond acceptors (Lipinski definition) is 4. The van der Waals surface area contributed by atoms with E-state index in [0.29, 0.717) is 17.7 Å². The molecule has 0 saturated carbocycles. The van der Waals surface area contributed by atoms with Gasteiger partial charge < -0.3 is 13.6 Å². The van der Waals surface area contributed by atoms with E-state index >= 15 is 0 Å². The molecule has 5 heteroatoms. The van der Waals surface area contributed by atoms with Crippen molar-refractivity contribution < 1.29 is 18.4 Å². The van der Waals surface area contributed by atoms with E-state index in [1.54, 1.807) is 6.92 Å². The lowest BCUT2D eigenvalue weighted by Crippen LogP contribution is -2.29. The first-order valence-corrected chi connectivity index (χ1v) is 9.37. The second-order valence-electron chi connectivity index (χ2n) is 5.33. The van der Waals surface area contributed by atoms with Crippen LogP contribution < -0.4 is 0 Å². The Morgan fingerprint density at radius 3 is 2.05 bits per heavy atom. The van der Waals surface area contributed by atoms with Crippen molar-refractivity contribution in [3.8, 4) is 0 Å². The number of unbranched alkanes of at least 4 members (excludes halogenated alkanes) is 2. The van der Waals surface area contributed by atoms with Crippen LogP contribution in [0.5, 0.6) is 0 Å². The van der Waals surface area contributed by atoms with Crippen LogP contribution >= 0.6 is 0 Å². The average molecular weight is 316 g/mol. The second kappa shape index (κ2) is 13.0. The van der Waals surface area contributed by atoms with Crippen LogP contribution in [0.4, 0.5) is 0 Å². The van der Waals surface area contributed by atoms with E-state index in [2.05, 4.69) is 27.4 Å². The topological polar surface area (TPSA) is 44.8 Å². The normalized spacial score (nSPS) is 12.4. The minimum Gasteiger partial charge on any atom is -0.462 e. The third-order valence-corrected chi connectivity index (χ3v) is 5.09. The Morgan fingerprint density at radius 2 is 1.62 bits per heavy atom. The minimum atomic E-state index is -1.30. The monoisotopic (exact) mass is 315 g/mol. The molecular formula is C16H31O4Si. The fourth-order valence-electron chi connectivity index (χ4n) is 1.53. The zero-order chi connectivity index (χ0) is 16.1. The van der Waals surface area contributed by atoms with E-state index in [1.807, 2.05) is 0 Å². The van der Waals surface area contributed by atoms with Crippen LogP contribution in [0.1, 0.15) is 59.8 Å². The fraction of sp³-hybridized carbons (Fsp3) is 0.812. The van der Waals surface area contributed by atoms with Crippen LogP contribution in [0.3, 0.4) is 0 Å². The van der Waals surface area contributed by atoms with Crippen LogP contribution in [0.2, 0.25) is 5.54 Å². The summed E-state index contributed by atoms with van der Waals surface area (Å²) in [5.74, 6) is -0.324. The number of hydrogen-bond donors (Lipinski definition) is 0. The highest BCUT2D eigenvalue weighted by atomic mass is 28.3. The lowest BCUT2D eigenvalue weighted by atomic mass is 10.3. The first-order chi connectivity index (χ1) is 10.0. The summed E-state index contributed by atoms with van der Waals surface area (Å²) < 4.78 is 17.0. The molecule has 1 radical (unpaired) electrons. The molecule has 21 heavy (non-hydrogen) atoms. The molecule has 1 unspecified atom stereocenters. The molecule has 0 aromatic heterocycles. The molecule has 0 aromatic rings. The van der Waals surface area contributed by atoms with Gasteiger partial charge in [0.15, 0.2) is 0 Å². The second-order valence-corrected chi connectivity index (χ2v) is 7.53. The Hall–Kier alpha value is -0.653. The van der Waals surface area contributed by atoms with Crippen LogP contribution in [0.15, 0.2) is 12.2 Å². The van der Waals surface area contributed by atoms with Gasteiger partial charge in [0.25, 0.3) is 0 Å². The standard InChI is InChI=1S/C16H31O4Si/c1-6-8-11-19-21(20-12-9-7-2)15(5)10-13-18-16(17)14(3)4/h15H,3,6-13H2,1-2,4-5H3. The van der Waals surface area contributed by atoms with Gasteiger partial charge in [-0.25, -0.2) is 4.79 Å². The Balaban J connectivity index is 4.11. The van der Waals surface area contributed by atoms with Crippen LogP contribution in [0.25, 0.3) is 0 Å². The third-order valence-electron chi connectivity index (χ3n) is 3.02. The van der Waals surface area contributed by atoms with Crippen LogP contribution in [-0.2, 0) is 18.4 Å². The van der Waals surface area contributed by atoms with Crippen molar-refractivity contribution in [2.45, 2.75) is 65.3 Å². The van der Waals surface area contributed by atoms with Crippen molar-refractivity contribution in [2.24, 2.45) is 0 Å². The summed E-state index contributed by atoms with van der Waals surface area (Å²) in [6.45, 7) is 13.5. The highest BCUT2D eigenvalue weighted by Crippen LogP contribution is 2.17. The molecule has 0 aliphatic heterocycles. The zero-order valence-corrected chi connectivity index (χ0v) is 15.1. The highest BCUT2D eigenvalue weighted by molar-refractivity contribution is 6.46. The van der Waals surface area contributed by atoms with Crippen molar-refractivity contribution in [1.82, 2.24) is 0 Å². The Kier molecular flexibility index (Phi) is 12.6. The summed E-state index contributed by atoms with van der Waals surface area (Å²) in [7, 11) is -1.30. The molecular weight excluding hydrogens is 284 g/mol. The molecule has 0 spiro atoms. The van der Waals surface area contributed by atoms with Gasteiger partial charge in [-0.3, -0.25) is 0 Å². The number of ether oxygens (including phenoxy) is 1. The van der Waals surface area contributed by atoms with Crippen molar-refractivity contribution in [1.29, 1.82) is 0 Å². The lowest BCUT2D eigenvalue weighted by molar-refractivity contribution is -0.139. The number of rotatable bonds is 13. The van der Waals surface area contributed by atoms with Gasteiger partial charge in [-0.1, -0.05) is 40.2 Å². The van der Waals surface area contributed by atoms with E-state index in [0.717, 1.165) is 45.3 Å². The average Bonchev–Trinajstić information content (AvgIpc) is 2.45. The molecule has 123 valence electrons. The molecule has 4 nitrogen and oxygen atoms in total. The smallest absolute Gasteiger partial charge is 0.387 e. The minimum absolute atomic E-state index is 0.293. The SMILES string of the molecule is C=C(C)C(=O)OCCC(C)[Si](OCCCC)OCCCC. The quantitative estimate of drug-likeness (QED) is 0.223. The number of carbonyl (C=O) groups is 1. The molecule has 0 heterocycles. The first kappa shape index (κ1) is 20.3. The molecule has 0 rings (SSSR count). The summed E-state index contributed by atoms with van der Waals surface area (Å²) in [6.07, 6.45) is 5.13. The fourth-order valence-corrected chi connectivity index (χ4v) is 3.23. The zero-order valence-electron chi connectivity index (χ0n) is 14.1. The Bertz CT molecular complexity index is 284. The third kappa shape index (κ3) is 10.7. The predicted octanol–water partition coefficient (Wildman–Crippen LogP) is 4.01. The van der Waals surface area contributed by atoms with Gasteiger partial charge in [0, 0.05) is 24.3 Å². The van der Waals surface area contributed by atoms with E-state index < -0.39 is 9.28 Å². The van der Waals surface area contributed by atoms with Gasteiger partial charge >= 0.3 is 15.3 Å². The number of esters is 1. The highest BCUT2D eigenvalue weighted by Gasteiger charge is 2.24. The Morgan fingerprint density at radius 1 is 1.10 bits per heavy atom. The van der Waals surface area contributed by atoms with Gasteiger partial charge in [0.05, 0.1) is 6.61 Å². The molecule has 0 aromatic carbocycles. The molecule has 0 N–H and O–H groups in total. The molecule has 0 bridgehead atoms. The van der Waals surface area contributed by atoms with Crippen molar-refractivity contribution in [2.75, 3.05) is 19.8 Å². The predicted molar refractivity (Wildman–Crippen MR) is 87.3 cm³/mol. The largest absolute Gasteiger partial charge is 0.462 e. The molecule has 1 atom stereocenters.